The van der Waals surface area contributed by atoms with Crippen LogP contribution < -0.4 is 5.32 Å². The second kappa shape index (κ2) is 7.47. The van der Waals surface area contributed by atoms with Gasteiger partial charge in [0, 0.05) is 31.7 Å². The van der Waals surface area contributed by atoms with E-state index in [-0.39, 0.29) is 11.9 Å². The van der Waals surface area contributed by atoms with Crippen LogP contribution in [-0.2, 0) is 4.79 Å². The maximum Gasteiger partial charge on any atom is 0.317 e. The Morgan fingerprint density at radius 2 is 1.85 bits per heavy atom. The minimum absolute atomic E-state index is 0.0419. The number of aliphatic carboxylic acids is 1. The van der Waals surface area contributed by atoms with Crippen LogP contribution in [0.5, 0.6) is 0 Å². The molecule has 1 aliphatic rings. The topological polar surface area (TPSA) is 72.9 Å². The van der Waals surface area contributed by atoms with Crippen LogP contribution >= 0.6 is 0 Å². The number of nitrogens with zero attached hydrogens (tertiary/aromatic N) is 2. The van der Waals surface area contributed by atoms with Gasteiger partial charge in [0.05, 0.1) is 5.92 Å². The Bertz CT molecular complexity index is 337. The van der Waals surface area contributed by atoms with Gasteiger partial charge in [-0.15, -0.1) is 0 Å². The highest BCUT2D eigenvalue weighted by molar-refractivity contribution is 5.74. The van der Waals surface area contributed by atoms with E-state index in [1.807, 2.05) is 4.90 Å². The molecule has 116 valence electrons. The van der Waals surface area contributed by atoms with Crippen molar-refractivity contribution in [2.45, 2.75) is 45.7 Å². The van der Waals surface area contributed by atoms with Crippen LogP contribution in [0.4, 0.5) is 4.79 Å². The third-order valence-electron chi connectivity index (χ3n) is 4.16. The molecule has 2 N–H and O–H groups in total. The Hall–Kier alpha value is -1.30. The normalized spacial score (nSPS) is 25.3. The maximum atomic E-state index is 12.1. The van der Waals surface area contributed by atoms with Gasteiger partial charge >= 0.3 is 12.0 Å². The summed E-state index contributed by atoms with van der Waals surface area (Å²) < 4.78 is 0. The summed E-state index contributed by atoms with van der Waals surface area (Å²) in [7, 11) is 2.08. The van der Waals surface area contributed by atoms with E-state index in [1.54, 1.807) is 6.92 Å². The van der Waals surface area contributed by atoms with E-state index in [0.29, 0.717) is 31.5 Å². The predicted octanol–water partition coefficient (Wildman–Crippen LogP) is 1.22. The molecule has 6 heteroatoms. The van der Waals surface area contributed by atoms with Crippen LogP contribution in [0.1, 0.15) is 33.6 Å². The van der Waals surface area contributed by atoms with Crippen molar-refractivity contribution in [2.24, 2.45) is 5.92 Å². The van der Waals surface area contributed by atoms with Crippen LogP contribution in [0.25, 0.3) is 0 Å². The molecule has 0 bridgehead atoms. The van der Waals surface area contributed by atoms with Crippen LogP contribution in [0.15, 0.2) is 0 Å². The van der Waals surface area contributed by atoms with Crippen molar-refractivity contribution in [2.75, 3.05) is 26.7 Å². The number of hydrogen-bond donors (Lipinski definition) is 2. The van der Waals surface area contributed by atoms with Crippen LogP contribution in [0, 0.1) is 5.92 Å². The lowest BCUT2D eigenvalue weighted by Crippen LogP contribution is -2.58. The molecule has 1 heterocycles. The Morgan fingerprint density at radius 3 is 2.35 bits per heavy atom. The molecule has 0 aliphatic carbocycles. The van der Waals surface area contributed by atoms with Gasteiger partial charge in [0.2, 0.25) is 0 Å². The smallest absolute Gasteiger partial charge is 0.317 e. The number of urea groups is 1. The van der Waals surface area contributed by atoms with Crippen molar-refractivity contribution in [1.82, 2.24) is 15.1 Å². The summed E-state index contributed by atoms with van der Waals surface area (Å²) >= 11 is 0. The molecule has 1 saturated heterocycles. The lowest BCUT2D eigenvalue weighted by atomic mass is 10.1. The van der Waals surface area contributed by atoms with Gasteiger partial charge in [0.1, 0.15) is 0 Å². The summed E-state index contributed by atoms with van der Waals surface area (Å²) in [6, 6.07) is 0.674. The highest BCUT2D eigenvalue weighted by Crippen LogP contribution is 2.13. The number of carboxylic acids is 1. The first kappa shape index (κ1) is 16.8. The number of hydrogen-bond acceptors (Lipinski definition) is 3. The Morgan fingerprint density at radius 1 is 1.30 bits per heavy atom. The summed E-state index contributed by atoms with van der Waals surface area (Å²) in [4.78, 5) is 26.9. The third kappa shape index (κ3) is 4.67. The van der Waals surface area contributed by atoms with E-state index in [2.05, 4.69) is 31.1 Å². The zero-order chi connectivity index (χ0) is 15.3. The van der Waals surface area contributed by atoms with Gasteiger partial charge in [-0.1, -0.05) is 6.92 Å². The predicted molar refractivity (Wildman–Crippen MR) is 77.7 cm³/mol. The van der Waals surface area contributed by atoms with E-state index < -0.39 is 5.97 Å². The Balaban J connectivity index is 2.28. The van der Waals surface area contributed by atoms with Gasteiger partial charge in [-0.3, -0.25) is 9.69 Å². The molecule has 0 saturated carbocycles. The number of rotatable bonds is 5. The zero-order valence-electron chi connectivity index (χ0n) is 12.9. The molecule has 0 aromatic heterocycles. The second-order valence-electron chi connectivity index (χ2n) is 5.88. The number of likely N-dealkylation sites (N-methyl/N-ethyl adjacent to an activating group) is 1. The molecule has 1 fully saturated rings. The van der Waals surface area contributed by atoms with Crippen molar-refractivity contribution in [3.05, 3.63) is 0 Å². The zero-order valence-corrected chi connectivity index (χ0v) is 12.9. The summed E-state index contributed by atoms with van der Waals surface area (Å²) in [5, 5.41) is 11.7. The van der Waals surface area contributed by atoms with Gasteiger partial charge < -0.3 is 15.3 Å². The monoisotopic (exact) mass is 285 g/mol. The van der Waals surface area contributed by atoms with Gasteiger partial charge in [0.25, 0.3) is 0 Å². The summed E-state index contributed by atoms with van der Waals surface area (Å²) in [6.07, 6.45) is 1.28. The van der Waals surface area contributed by atoms with E-state index in [9.17, 15) is 9.59 Å². The largest absolute Gasteiger partial charge is 0.481 e. The van der Waals surface area contributed by atoms with Crippen molar-refractivity contribution < 1.29 is 14.7 Å². The van der Waals surface area contributed by atoms with Crippen molar-refractivity contribution in [3.63, 3.8) is 0 Å². The second-order valence-corrected chi connectivity index (χ2v) is 5.88. The molecule has 3 atom stereocenters. The molecule has 0 radical (unpaired) electrons. The minimum atomic E-state index is -0.780. The first-order chi connectivity index (χ1) is 9.32. The fraction of sp³-hybridized carbons (Fsp3) is 0.857. The quantitative estimate of drug-likeness (QED) is 0.745. The molecule has 1 rings (SSSR count). The average molecular weight is 285 g/mol. The number of amides is 2. The highest BCUT2D eigenvalue weighted by atomic mass is 16.4. The lowest BCUT2D eigenvalue weighted by molar-refractivity contribution is -0.141. The van der Waals surface area contributed by atoms with E-state index in [1.165, 1.54) is 0 Å². The maximum absolute atomic E-state index is 12.1. The van der Waals surface area contributed by atoms with Crippen LogP contribution in [0.2, 0.25) is 0 Å². The standard InChI is InChI=1S/C14H27N3O3/c1-10(13(18)19)6-5-7-15-14(20)17-8-11(2)16(4)12(3)9-17/h10-12H,5-9H2,1-4H3,(H,15,20)(H,18,19). The summed E-state index contributed by atoms with van der Waals surface area (Å²) in [6.45, 7) is 7.92. The van der Waals surface area contributed by atoms with E-state index in [0.717, 1.165) is 13.1 Å². The summed E-state index contributed by atoms with van der Waals surface area (Å²) in [5.41, 5.74) is 0. The summed E-state index contributed by atoms with van der Waals surface area (Å²) in [5.74, 6) is -1.13. The molecular weight excluding hydrogens is 258 g/mol. The lowest BCUT2D eigenvalue weighted by Gasteiger charge is -2.42. The Kier molecular flexibility index (Phi) is 6.26. The first-order valence-corrected chi connectivity index (χ1v) is 7.30. The van der Waals surface area contributed by atoms with Crippen LogP contribution in [0.3, 0.4) is 0 Å². The fourth-order valence-corrected chi connectivity index (χ4v) is 2.41. The van der Waals surface area contributed by atoms with Crippen molar-refractivity contribution in [1.29, 1.82) is 0 Å². The number of carboxylic acid groups (broad SMARTS) is 1. The molecule has 1 aliphatic heterocycles. The number of nitrogens with one attached hydrogen (secondary N) is 1. The van der Waals surface area contributed by atoms with E-state index >= 15 is 0 Å². The minimum Gasteiger partial charge on any atom is -0.481 e. The van der Waals surface area contributed by atoms with Gasteiger partial charge in [-0.2, -0.15) is 0 Å². The molecule has 20 heavy (non-hydrogen) atoms. The van der Waals surface area contributed by atoms with Crippen molar-refractivity contribution >= 4 is 12.0 Å². The van der Waals surface area contributed by atoms with Gasteiger partial charge in [-0.25, -0.2) is 4.79 Å². The number of carbonyl (C=O) groups is 2. The highest BCUT2D eigenvalue weighted by Gasteiger charge is 2.28. The molecule has 3 unspecified atom stereocenters. The third-order valence-corrected chi connectivity index (χ3v) is 4.16. The van der Waals surface area contributed by atoms with Crippen molar-refractivity contribution in [3.8, 4) is 0 Å². The number of carbonyl (C=O) groups excluding carboxylic acids is 1. The molecule has 0 aromatic carbocycles. The number of piperazine rings is 1. The van der Waals surface area contributed by atoms with Gasteiger partial charge in [-0.05, 0) is 33.7 Å². The fourth-order valence-electron chi connectivity index (χ4n) is 2.41. The molecule has 0 aromatic rings. The first-order valence-electron chi connectivity index (χ1n) is 7.30. The SMILES string of the molecule is CC(CCCNC(=O)N1CC(C)N(C)C(C)C1)C(=O)O. The molecule has 6 nitrogen and oxygen atoms in total. The molecule has 0 spiro atoms. The average Bonchev–Trinajstić information content (AvgIpc) is 2.39. The van der Waals surface area contributed by atoms with Gasteiger partial charge in [0.15, 0.2) is 0 Å². The van der Waals surface area contributed by atoms with Crippen LogP contribution in [-0.4, -0.2) is 65.7 Å². The molecule has 2 amide bonds. The molecular formula is C14H27N3O3. The Labute approximate surface area is 121 Å². The van der Waals surface area contributed by atoms with E-state index in [4.69, 9.17) is 5.11 Å².